The number of rotatable bonds is 3. The lowest BCUT2D eigenvalue weighted by Gasteiger charge is -2.28. The van der Waals surface area contributed by atoms with Crippen molar-refractivity contribution in [2.75, 3.05) is 40.4 Å². The van der Waals surface area contributed by atoms with Crippen LogP contribution in [0.3, 0.4) is 0 Å². The van der Waals surface area contributed by atoms with E-state index < -0.39 is 0 Å². The van der Waals surface area contributed by atoms with Gasteiger partial charge >= 0.3 is 0 Å². The fourth-order valence-electron chi connectivity index (χ4n) is 2.06. The van der Waals surface area contributed by atoms with E-state index in [0.29, 0.717) is 17.1 Å². The van der Waals surface area contributed by atoms with Gasteiger partial charge in [-0.3, -0.25) is 4.79 Å². The van der Waals surface area contributed by atoms with E-state index in [1.165, 1.54) is 0 Å². The molecule has 1 aliphatic rings. The molecular weight excluding hydrogens is 359 g/mol. The van der Waals surface area contributed by atoms with Gasteiger partial charge in [0.2, 0.25) is 0 Å². The van der Waals surface area contributed by atoms with Crippen molar-refractivity contribution in [3.8, 4) is 11.5 Å². The van der Waals surface area contributed by atoms with Crippen LogP contribution in [-0.2, 0) is 0 Å². The fourth-order valence-corrected chi connectivity index (χ4v) is 2.73. The summed E-state index contributed by atoms with van der Waals surface area (Å²) in [5, 5.41) is 3.24. The van der Waals surface area contributed by atoms with Crippen molar-refractivity contribution in [3.63, 3.8) is 0 Å². The highest BCUT2D eigenvalue weighted by Gasteiger charge is 2.22. The molecule has 104 valence electrons. The third-order valence-corrected chi connectivity index (χ3v) is 4.00. The summed E-state index contributed by atoms with van der Waals surface area (Å²) in [7, 11) is 3.16. The van der Waals surface area contributed by atoms with Crippen LogP contribution < -0.4 is 14.8 Å². The molecule has 6 heteroatoms. The van der Waals surface area contributed by atoms with Crippen molar-refractivity contribution in [2.45, 2.75) is 0 Å². The van der Waals surface area contributed by atoms with Crippen LogP contribution in [0.15, 0.2) is 12.1 Å². The number of carbonyl (C=O) groups excluding carboxylic acids is 1. The van der Waals surface area contributed by atoms with Gasteiger partial charge < -0.3 is 19.7 Å². The van der Waals surface area contributed by atoms with Gasteiger partial charge in [-0.15, -0.1) is 0 Å². The number of ether oxygens (including phenoxy) is 2. The fraction of sp³-hybridized carbons (Fsp3) is 0.462. The molecule has 0 spiro atoms. The van der Waals surface area contributed by atoms with Gasteiger partial charge in [0.15, 0.2) is 11.5 Å². The zero-order valence-electron chi connectivity index (χ0n) is 11.0. The Morgan fingerprint density at radius 1 is 1.21 bits per heavy atom. The number of benzene rings is 1. The molecule has 0 unspecified atom stereocenters. The van der Waals surface area contributed by atoms with E-state index in [4.69, 9.17) is 9.47 Å². The van der Waals surface area contributed by atoms with Crippen LogP contribution in [0.4, 0.5) is 0 Å². The summed E-state index contributed by atoms with van der Waals surface area (Å²) in [5.74, 6) is 1.28. The molecule has 1 aromatic carbocycles. The number of piperazine rings is 1. The molecule has 1 amide bonds. The van der Waals surface area contributed by atoms with E-state index in [0.717, 1.165) is 29.7 Å². The van der Waals surface area contributed by atoms with Gasteiger partial charge in [-0.25, -0.2) is 0 Å². The van der Waals surface area contributed by atoms with E-state index in [1.807, 2.05) is 11.0 Å². The normalized spacial score (nSPS) is 15.2. The van der Waals surface area contributed by atoms with Crippen LogP contribution in [0.2, 0.25) is 0 Å². The number of hydrogen-bond acceptors (Lipinski definition) is 4. The summed E-state index contributed by atoms with van der Waals surface area (Å²) < 4.78 is 11.4. The molecule has 1 saturated heterocycles. The van der Waals surface area contributed by atoms with Crippen molar-refractivity contribution < 1.29 is 14.3 Å². The van der Waals surface area contributed by atoms with Gasteiger partial charge in [0, 0.05) is 29.7 Å². The number of hydrogen-bond donors (Lipinski definition) is 1. The molecule has 1 aliphatic heterocycles. The third kappa shape index (κ3) is 3.11. The maximum Gasteiger partial charge on any atom is 0.255 e. The number of amides is 1. The van der Waals surface area contributed by atoms with Crippen molar-refractivity contribution in [3.05, 3.63) is 21.3 Å². The standard InChI is InChI=1S/C13H17IN2O3/c1-18-11-7-9(10(14)8-12(11)19-2)13(17)16-5-3-15-4-6-16/h7-8,15H,3-6H2,1-2H3. The summed E-state index contributed by atoms with van der Waals surface area (Å²) in [5.41, 5.74) is 0.667. The molecule has 1 aromatic rings. The lowest BCUT2D eigenvalue weighted by atomic mass is 10.1. The van der Waals surface area contributed by atoms with Gasteiger partial charge in [0.1, 0.15) is 0 Å². The summed E-state index contributed by atoms with van der Waals surface area (Å²) in [6, 6.07) is 3.58. The van der Waals surface area contributed by atoms with E-state index in [2.05, 4.69) is 27.9 Å². The third-order valence-electron chi connectivity index (χ3n) is 3.11. The summed E-state index contributed by atoms with van der Waals surface area (Å²) >= 11 is 2.15. The predicted octanol–water partition coefficient (Wildman–Crippen LogP) is 1.35. The largest absolute Gasteiger partial charge is 0.493 e. The second-order valence-corrected chi connectivity index (χ2v) is 5.39. The van der Waals surface area contributed by atoms with Crippen molar-refractivity contribution in [1.82, 2.24) is 10.2 Å². The zero-order chi connectivity index (χ0) is 13.8. The van der Waals surface area contributed by atoms with Crippen molar-refractivity contribution in [1.29, 1.82) is 0 Å². The second-order valence-electron chi connectivity index (χ2n) is 4.23. The summed E-state index contributed by atoms with van der Waals surface area (Å²) in [6.07, 6.45) is 0. The molecule has 0 radical (unpaired) electrons. The monoisotopic (exact) mass is 376 g/mol. The Kier molecular flexibility index (Phi) is 4.87. The van der Waals surface area contributed by atoms with Crippen LogP contribution in [0.5, 0.6) is 11.5 Å². The predicted molar refractivity (Wildman–Crippen MR) is 81.0 cm³/mol. The Morgan fingerprint density at radius 2 is 1.79 bits per heavy atom. The van der Waals surface area contributed by atoms with E-state index in [-0.39, 0.29) is 5.91 Å². The number of nitrogens with one attached hydrogen (secondary N) is 1. The van der Waals surface area contributed by atoms with Crippen LogP contribution in [0.1, 0.15) is 10.4 Å². The van der Waals surface area contributed by atoms with Gasteiger partial charge in [-0.1, -0.05) is 0 Å². The van der Waals surface area contributed by atoms with E-state index in [9.17, 15) is 4.79 Å². The summed E-state index contributed by atoms with van der Waals surface area (Å²) in [6.45, 7) is 3.16. The number of nitrogens with zero attached hydrogens (tertiary/aromatic N) is 1. The van der Waals surface area contributed by atoms with Crippen molar-refractivity contribution in [2.24, 2.45) is 0 Å². The van der Waals surface area contributed by atoms with Gasteiger partial charge in [0.25, 0.3) is 5.91 Å². The molecule has 1 fully saturated rings. The minimum atomic E-state index is 0.0480. The first-order chi connectivity index (χ1) is 9.17. The zero-order valence-corrected chi connectivity index (χ0v) is 13.2. The molecular formula is C13H17IN2O3. The Bertz CT molecular complexity index is 473. The maximum absolute atomic E-state index is 12.5. The molecule has 5 nitrogen and oxygen atoms in total. The Labute approximate surface area is 126 Å². The number of carbonyl (C=O) groups is 1. The molecule has 0 atom stereocenters. The average Bonchev–Trinajstić information content (AvgIpc) is 2.47. The van der Waals surface area contributed by atoms with Crippen LogP contribution >= 0.6 is 22.6 Å². The first-order valence-electron chi connectivity index (χ1n) is 6.09. The second kappa shape index (κ2) is 6.42. The van der Waals surface area contributed by atoms with Crippen LogP contribution in [0.25, 0.3) is 0 Å². The molecule has 0 saturated carbocycles. The van der Waals surface area contributed by atoms with Crippen LogP contribution in [0, 0.1) is 3.57 Å². The average molecular weight is 376 g/mol. The Hall–Kier alpha value is -1.02. The minimum Gasteiger partial charge on any atom is -0.493 e. The molecule has 2 rings (SSSR count). The molecule has 0 aromatic heterocycles. The quantitative estimate of drug-likeness (QED) is 0.810. The van der Waals surface area contributed by atoms with Gasteiger partial charge in [-0.2, -0.15) is 0 Å². The summed E-state index contributed by atoms with van der Waals surface area (Å²) in [4.78, 5) is 14.3. The molecule has 1 heterocycles. The highest BCUT2D eigenvalue weighted by atomic mass is 127. The van der Waals surface area contributed by atoms with E-state index >= 15 is 0 Å². The van der Waals surface area contributed by atoms with E-state index in [1.54, 1.807) is 20.3 Å². The first kappa shape index (κ1) is 14.4. The lowest BCUT2D eigenvalue weighted by Crippen LogP contribution is -2.46. The molecule has 0 aliphatic carbocycles. The van der Waals surface area contributed by atoms with Crippen molar-refractivity contribution >= 4 is 28.5 Å². The number of halogens is 1. The number of methoxy groups -OCH3 is 2. The van der Waals surface area contributed by atoms with Gasteiger partial charge in [-0.05, 0) is 34.7 Å². The Morgan fingerprint density at radius 3 is 2.37 bits per heavy atom. The van der Waals surface area contributed by atoms with Gasteiger partial charge in [0.05, 0.1) is 19.8 Å². The SMILES string of the molecule is COc1cc(I)c(C(=O)N2CCNCC2)cc1OC. The lowest BCUT2D eigenvalue weighted by molar-refractivity contribution is 0.0734. The minimum absolute atomic E-state index is 0.0480. The Balaban J connectivity index is 2.30. The maximum atomic E-state index is 12.5. The van der Waals surface area contributed by atoms with Crippen LogP contribution in [-0.4, -0.2) is 51.2 Å². The molecule has 1 N–H and O–H groups in total. The molecule has 19 heavy (non-hydrogen) atoms. The highest BCUT2D eigenvalue weighted by molar-refractivity contribution is 14.1. The highest BCUT2D eigenvalue weighted by Crippen LogP contribution is 2.31. The topological polar surface area (TPSA) is 50.8 Å². The smallest absolute Gasteiger partial charge is 0.255 e. The molecule has 0 bridgehead atoms. The first-order valence-corrected chi connectivity index (χ1v) is 7.16.